The summed E-state index contributed by atoms with van der Waals surface area (Å²) in [5.74, 6) is -0.900. The zero-order valence-electron chi connectivity index (χ0n) is 14.5. The van der Waals surface area contributed by atoms with Crippen LogP contribution < -0.4 is 9.62 Å². The lowest BCUT2D eigenvalue weighted by Gasteiger charge is -2.29. The van der Waals surface area contributed by atoms with Gasteiger partial charge in [0.25, 0.3) is 0 Å². The van der Waals surface area contributed by atoms with Crippen LogP contribution >= 0.6 is 0 Å². The number of nitrogens with one attached hydrogen (secondary N) is 1. The van der Waals surface area contributed by atoms with Crippen molar-refractivity contribution in [1.82, 2.24) is 0 Å². The van der Waals surface area contributed by atoms with Gasteiger partial charge < -0.3 is 14.1 Å². The summed E-state index contributed by atoms with van der Waals surface area (Å²) in [6.07, 6.45) is 1.48. The highest BCUT2D eigenvalue weighted by atomic mass is 32.2. The molecule has 1 aliphatic rings. The van der Waals surface area contributed by atoms with Crippen molar-refractivity contribution >= 4 is 32.4 Å². The fourth-order valence-electron chi connectivity index (χ4n) is 3.14. The van der Waals surface area contributed by atoms with E-state index in [9.17, 15) is 12.8 Å². The maximum absolute atomic E-state index is 14.2. The van der Waals surface area contributed by atoms with Crippen molar-refractivity contribution < 1.29 is 22.0 Å². The third kappa shape index (κ3) is 3.91. The number of benzene rings is 2. The standard InChI is InChI=1S/C19H19FN2O4S/c20-18-6-5-16(22-7-9-25-10-8-22)11-15(18)13-27(23,24)21-19-17-4-2-1-3-14(17)12-26-19/h1-6,11-12,21H,7-10,13H2. The minimum Gasteiger partial charge on any atom is -0.447 e. The number of rotatable bonds is 5. The van der Waals surface area contributed by atoms with E-state index in [1.807, 2.05) is 17.0 Å². The van der Waals surface area contributed by atoms with Crippen molar-refractivity contribution in [3.05, 3.63) is 60.1 Å². The Morgan fingerprint density at radius 3 is 2.70 bits per heavy atom. The molecule has 8 heteroatoms. The molecule has 0 atom stereocenters. The smallest absolute Gasteiger partial charge is 0.239 e. The highest BCUT2D eigenvalue weighted by Gasteiger charge is 2.20. The molecule has 1 aromatic heterocycles. The number of morpholine rings is 1. The zero-order valence-corrected chi connectivity index (χ0v) is 15.3. The van der Waals surface area contributed by atoms with E-state index in [4.69, 9.17) is 9.15 Å². The molecule has 0 unspecified atom stereocenters. The highest BCUT2D eigenvalue weighted by molar-refractivity contribution is 7.91. The van der Waals surface area contributed by atoms with Crippen LogP contribution in [0, 0.1) is 5.82 Å². The molecule has 3 aromatic rings. The predicted octanol–water partition coefficient (Wildman–Crippen LogP) is 3.35. The topological polar surface area (TPSA) is 71.8 Å². The summed E-state index contributed by atoms with van der Waals surface area (Å²) in [6.45, 7) is 2.57. The Labute approximate surface area is 156 Å². The Hall–Kier alpha value is -2.58. The summed E-state index contributed by atoms with van der Waals surface area (Å²) >= 11 is 0. The number of fused-ring (bicyclic) bond motifs is 1. The van der Waals surface area contributed by atoms with E-state index in [2.05, 4.69) is 4.72 Å². The van der Waals surface area contributed by atoms with Gasteiger partial charge in [-0.15, -0.1) is 0 Å². The van der Waals surface area contributed by atoms with Crippen LogP contribution in [0.3, 0.4) is 0 Å². The summed E-state index contributed by atoms with van der Waals surface area (Å²) in [4.78, 5) is 2.05. The molecule has 142 valence electrons. The third-order valence-electron chi connectivity index (χ3n) is 4.51. The molecule has 6 nitrogen and oxygen atoms in total. The van der Waals surface area contributed by atoms with E-state index in [1.165, 1.54) is 12.3 Å². The van der Waals surface area contributed by atoms with Gasteiger partial charge in [0.05, 0.1) is 19.0 Å². The van der Waals surface area contributed by atoms with E-state index in [-0.39, 0.29) is 11.4 Å². The van der Waals surface area contributed by atoms with Gasteiger partial charge in [-0.2, -0.15) is 0 Å². The molecule has 2 heterocycles. The average Bonchev–Trinajstić information content (AvgIpc) is 3.06. The van der Waals surface area contributed by atoms with Crippen molar-refractivity contribution in [2.24, 2.45) is 0 Å². The Bertz CT molecular complexity index is 1060. The number of halogens is 1. The molecule has 0 bridgehead atoms. The first-order valence-electron chi connectivity index (χ1n) is 8.60. The Kier molecular flexibility index (Phi) is 4.75. The monoisotopic (exact) mass is 390 g/mol. The number of furan rings is 1. The minimum atomic E-state index is -3.85. The number of hydrogen-bond donors (Lipinski definition) is 1. The van der Waals surface area contributed by atoms with Crippen LogP contribution in [-0.4, -0.2) is 34.7 Å². The fourth-order valence-corrected chi connectivity index (χ4v) is 4.29. The van der Waals surface area contributed by atoms with Gasteiger partial charge >= 0.3 is 0 Å². The van der Waals surface area contributed by atoms with Crippen LogP contribution in [0.5, 0.6) is 0 Å². The number of nitrogens with zero attached hydrogens (tertiary/aromatic N) is 1. The summed E-state index contributed by atoms with van der Waals surface area (Å²) in [5, 5.41) is 1.44. The van der Waals surface area contributed by atoms with Crippen molar-refractivity contribution in [1.29, 1.82) is 0 Å². The number of hydrogen-bond acceptors (Lipinski definition) is 5. The van der Waals surface area contributed by atoms with Gasteiger partial charge in [0, 0.05) is 35.1 Å². The van der Waals surface area contributed by atoms with Crippen LogP contribution in [0.15, 0.2) is 53.1 Å². The third-order valence-corrected chi connectivity index (χ3v) is 5.70. The first-order valence-corrected chi connectivity index (χ1v) is 10.2. The van der Waals surface area contributed by atoms with Gasteiger partial charge in [0.2, 0.25) is 15.9 Å². The van der Waals surface area contributed by atoms with Crippen molar-refractivity contribution in [3.8, 4) is 0 Å². The normalized spacial score (nSPS) is 15.2. The van der Waals surface area contributed by atoms with Crippen molar-refractivity contribution in [2.45, 2.75) is 5.75 Å². The molecule has 1 saturated heterocycles. The van der Waals surface area contributed by atoms with E-state index >= 15 is 0 Å². The lowest BCUT2D eigenvalue weighted by molar-refractivity contribution is 0.122. The van der Waals surface area contributed by atoms with Crippen LogP contribution in [0.1, 0.15) is 5.56 Å². The molecule has 1 aliphatic heterocycles. The van der Waals surface area contributed by atoms with Gasteiger partial charge in [-0.3, -0.25) is 4.72 Å². The molecule has 4 rings (SSSR count). The fraction of sp³-hybridized carbons (Fsp3) is 0.263. The zero-order chi connectivity index (χ0) is 18.9. The summed E-state index contributed by atoms with van der Waals surface area (Å²) in [6, 6.07) is 11.8. The van der Waals surface area contributed by atoms with Gasteiger partial charge in [0.15, 0.2) is 0 Å². The number of anilines is 2. The van der Waals surface area contributed by atoms with E-state index in [0.717, 1.165) is 11.1 Å². The maximum Gasteiger partial charge on any atom is 0.239 e. The van der Waals surface area contributed by atoms with Gasteiger partial charge in [-0.05, 0) is 24.3 Å². The van der Waals surface area contributed by atoms with Crippen LogP contribution in [0.2, 0.25) is 0 Å². The lowest BCUT2D eigenvalue weighted by Crippen LogP contribution is -2.36. The second-order valence-corrected chi connectivity index (χ2v) is 8.11. The summed E-state index contributed by atoms with van der Waals surface area (Å²) in [7, 11) is -3.85. The van der Waals surface area contributed by atoms with Gasteiger partial charge in [0.1, 0.15) is 12.1 Å². The second-order valence-electron chi connectivity index (χ2n) is 6.39. The first kappa shape index (κ1) is 17.8. The molecule has 1 fully saturated rings. The first-order chi connectivity index (χ1) is 13.0. The second kappa shape index (κ2) is 7.21. The number of ether oxygens (including phenoxy) is 1. The molecular weight excluding hydrogens is 371 g/mol. The molecule has 0 amide bonds. The molecule has 0 aliphatic carbocycles. The number of sulfonamides is 1. The van der Waals surface area contributed by atoms with Crippen LogP contribution in [0.25, 0.3) is 10.8 Å². The molecule has 0 spiro atoms. The SMILES string of the molecule is O=S(=O)(Cc1cc(N2CCOCC2)ccc1F)Nc1occ2ccccc12. The largest absolute Gasteiger partial charge is 0.447 e. The van der Waals surface area contributed by atoms with Crippen molar-refractivity contribution in [2.75, 3.05) is 35.9 Å². The van der Waals surface area contributed by atoms with Gasteiger partial charge in [-0.25, -0.2) is 12.8 Å². The van der Waals surface area contributed by atoms with Gasteiger partial charge in [-0.1, -0.05) is 18.2 Å². The molecule has 0 radical (unpaired) electrons. The van der Waals surface area contributed by atoms with Crippen LogP contribution in [0.4, 0.5) is 16.0 Å². The lowest BCUT2D eigenvalue weighted by atomic mass is 10.2. The molecule has 1 N–H and O–H groups in total. The van der Waals surface area contributed by atoms with E-state index < -0.39 is 21.6 Å². The predicted molar refractivity (Wildman–Crippen MR) is 102 cm³/mol. The summed E-state index contributed by atoms with van der Waals surface area (Å²) in [5.41, 5.74) is 0.899. The average molecular weight is 390 g/mol. The quantitative estimate of drug-likeness (QED) is 0.723. The maximum atomic E-state index is 14.2. The van der Waals surface area contributed by atoms with E-state index in [0.29, 0.717) is 31.7 Å². The minimum absolute atomic E-state index is 0.113. The molecular formula is C19H19FN2O4S. The van der Waals surface area contributed by atoms with Crippen LogP contribution in [-0.2, 0) is 20.5 Å². The molecule has 0 saturated carbocycles. The Morgan fingerprint density at radius 1 is 1.11 bits per heavy atom. The Morgan fingerprint density at radius 2 is 1.89 bits per heavy atom. The molecule has 2 aromatic carbocycles. The Balaban J connectivity index is 1.56. The molecule has 27 heavy (non-hydrogen) atoms. The van der Waals surface area contributed by atoms with Crippen molar-refractivity contribution in [3.63, 3.8) is 0 Å². The summed E-state index contributed by atoms with van der Waals surface area (Å²) < 4.78 is 52.5. The van der Waals surface area contributed by atoms with E-state index in [1.54, 1.807) is 24.3 Å². The highest BCUT2D eigenvalue weighted by Crippen LogP contribution is 2.27.